The van der Waals surface area contributed by atoms with E-state index in [-0.39, 0.29) is 11.7 Å². The third kappa shape index (κ3) is 3.34. The molecule has 1 N–H and O–H groups in total. The number of benzene rings is 1. The van der Waals surface area contributed by atoms with Crippen molar-refractivity contribution < 1.29 is 13.2 Å². The number of hydrogen-bond donors (Lipinski definition) is 1. The number of hydrogen-bond acceptors (Lipinski definition) is 4. The molecule has 0 aliphatic carbocycles. The van der Waals surface area contributed by atoms with Gasteiger partial charge in [0, 0.05) is 17.8 Å². The van der Waals surface area contributed by atoms with E-state index in [4.69, 9.17) is 0 Å². The third-order valence-corrected chi connectivity index (χ3v) is 5.52. The van der Waals surface area contributed by atoms with Gasteiger partial charge in [0.05, 0.1) is 11.4 Å². The smallest absolute Gasteiger partial charge is 0.256 e. The number of carbonyl (C=O) groups is 1. The van der Waals surface area contributed by atoms with Crippen LogP contribution < -0.4 is 9.62 Å². The van der Waals surface area contributed by atoms with Crippen molar-refractivity contribution in [2.45, 2.75) is 13.3 Å². The first-order chi connectivity index (χ1) is 11.0. The molecule has 1 aromatic carbocycles. The van der Waals surface area contributed by atoms with Crippen LogP contribution in [0, 0.1) is 6.92 Å². The van der Waals surface area contributed by atoms with Crippen molar-refractivity contribution in [3.8, 4) is 0 Å². The summed E-state index contributed by atoms with van der Waals surface area (Å²) in [4.78, 5) is 16.4. The summed E-state index contributed by atoms with van der Waals surface area (Å²) in [6.07, 6.45) is 0.629. The molecule has 0 saturated carbocycles. The van der Waals surface area contributed by atoms with Crippen molar-refractivity contribution in [1.82, 2.24) is 4.98 Å². The van der Waals surface area contributed by atoms with Crippen LogP contribution >= 0.6 is 0 Å². The Morgan fingerprint density at radius 2 is 1.91 bits per heavy atom. The SMILES string of the molecule is Cc1cccc(NC(=O)c2ccc(N3CCCS3(=O)=O)cc2)n1. The Morgan fingerprint density at radius 1 is 1.17 bits per heavy atom. The van der Waals surface area contributed by atoms with Gasteiger partial charge in [-0.3, -0.25) is 9.10 Å². The van der Waals surface area contributed by atoms with Gasteiger partial charge in [-0.15, -0.1) is 0 Å². The maximum atomic E-state index is 12.2. The predicted octanol–water partition coefficient (Wildman–Crippen LogP) is 2.18. The van der Waals surface area contributed by atoms with Crippen LogP contribution in [0.15, 0.2) is 42.5 Å². The van der Waals surface area contributed by atoms with Crippen molar-refractivity contribution in [3.05, 3.63) is 53.7 Å². The molecule has 0 spiro atoms. The molecule has 120 valence electrons. The van der Waals surface area contributed by atoms with Gasteiger partial charge in [0.25, 0.3) is 5.91 Å². The molecule has 1 fully saturated rings. The van der Waals surface area contributed by atoms with Crippen molar-refractivity contribution in [3.63, 3.8) is 0 Å². The highest BCUT2D eigenvalue weighted by atomic mass is 32.2. The third-order valence-electron chi connectivity index (χ3n) is 3.65. The summed E-state index contributed by atoms with van der Waals surface area (Å²) in [5, 5.41) is 2.72. The molecular formula is C16H17N3O3S. The highest BCUT2D eigenvalue weighted by molar-refractivity contribution is 7.93. The van der Waals surface area contributed by atoms with Crippen molar-refractivity contribution in [2.24, 2.45) is 0 Å². The minimum atomic E-state index is -3.20. The first kappa shape index (κ1) is 15.5. The lowest BCUT2D eigenvalue weighted by atomic mass is 10.2. The summed E-state index contributed by atoms with van der Waals surface area (Å²) in [5.74, 6) is 0.383. The summed E-state index contributed by atoms with van der Waals surface area (Å²) in [7, 11) is -3.20. The zero-order valence-corrected chi connectivity index (χ0v) is 13.5. The fraction of sp³-hybridized carbons (Fsp3) is 0.250. The van der Waals surface area contributed by atoms with Crippen LogP contribution in [0.4, 0.5) is 11.5 Å². The Labute approximate surface area is 135 Å². The second-order valence-electron chi connectivity index (χ2n) is 5.41. The second-order valence-corrected chi connectivity index (χ2v) is 7.42. The molecule has 0 unspecified atom stereocenters. The molecule has 0 atom stereocenters. The average Bonchev–Trinajstić information content (AvgIpc) is 2.87. The van der Waals surface area contributed by atoms with Gasteiger partial charge >= 0.3 is 0 Å². The van der Waals surface area contributed by atoms with Crippen molar-refractivity contribution in [2.75, 3.05) is 21.9 Å². The van der Waals surface area contributed by atoms with Crippen LogP contribution in [-0.2, 0) is 10.0 Å². The second kappa shape index (κ2) is 6.00. The monoisotopic (exact) mass is 331 g/mol. The van der Waals surface area contributed by atoms with E-state index in [1.54, 1.807) is 30.3 Å². The maximum absolute atomic E-state index is 12.2. The zero-order valence-electron chi connectivity index (χ0n) is 12.7. The molecule has 1 aliphatic heterocycles. The zero-order chi connectivity index (χ0) is 16.4. The van der Waals surface area contributed by atoms with E-state index in [9.17, 15) is 13.2 Å². The topological polar surface area (TPSA) is 79.4 Å². The molecule has 0 radical (unpaired) electrons. The number of anilines is 2. The summed E-state index contributed by atoms with van der Waals surface area (Å²) >= 11 is 0. The van der Waals surface area contributed by atoms with E-state index in [0.717, 1.165) is 5.69 Å². The van der Waals surface area contributed by atoms with E-state index < -0.39 is 10.0 Å². The first-order valence-corrected chi connectivity index (χ1v) is 8.92. The Hall–Kier alpha value is -2.41. The predicted molar refractivity (Wildman–Crippen MR) is 89.1 cm³/mol. The van der Waals surface area contributed by atoms with Gasteiger partial charge < -0.3 is 5.32 Å². The number of nitrogens with zero attached hydrogens (tertiary/aromatic N) is 2. The number of aryl methyl sites for hydroxylation is 1. The Kier molecular flexibility index (Phi) is 4.04. The van der Waals surface area contributed by atoms with Crippen LogP contribution in [-0.4, -0.2) is 31.6 Å². The largest absolute Gasteiger partial charge is 0.307 e. The number of nitrogens with one attached hydrogen (secondary N) is 1. The molecular weight excluding hydrogens is 314 g/mol. The van der Waals surface area contributed by atoms with Gasteiger partial charge in [-0.05, 0) is 49.7 Å². The quantitative estimate of drug-likeness (QED) is 0.935. The highest BCUT2D eigenvalue weighted by Gasteiger charge is 2.28. The Morgan fingerprint density at radius 3 is 2.52 bits per heavy atom. The summed E-state index contributed by atoms with van der Waals surface area (Å²) in [6, 6.07) is 11.9. The standard InChI is InChI=1S/C16H17N3O3S/c1-12-4-2-5-15(17-12)18-16(20)13-6-8-14(9-7-13)19-10-3-11-23(19,21)22/h2,4-9H,3,10-11H2,1H3,(H,17,18,20). The number of carbonyl (C=O) groups excluding carboxylic acids is 1. The van der Waals surface area contributed by atoms with Crippen LogP contribution in [0.1, 0.15) is 22.5 Å². The van der Waals surface area contributed by atoms with Gasteiger partial charge in [-0.25, -0.2) is 13.4 Å². The molecule has 6 nitrogen and oxygen atoms in total. The van der Waals surface area contributed by atoms with Crippen LogP contribution in [0.25, 0.3) is 0 Å². The Bertz CT molecular complexity index is 832. The fourth-order valence-electron chi connectivity index (χ4n) is 2.51. The van der Waals surface area contributed by atoms with Crippen LogP contribution in [0.2, 0.25) is 0 Å². The molecule has 23 heavy (non-hydrogen) atoms. The van der Waals surface area contributed by atoms with Gasteiger partial charge in [-0.1, -0.05) is 6.07 Å². The number of amides is 1. The average molecular weight is 331 g/mol. The molecule has 1 aromatic heterocycles. The highest BCUT2D eigenvalue weighted by Crippen LogP contribution is 2.24. The van der Waals surface area contributed by atoms with E-state index in [1.165, 1.54) is 4.31 Å². The lowest BCUT2D eigenvalue weighted by molar-refractivity contribution is 0.102. The first-order valence-electron chi connectivity index (χ1n) is 7.31. The molecule has 7 heteroatoms. The minimum Gasteiger partial charge on any atom is -0.307 e. The number of sulfonamides is 1. The van der Waals surface area contributed by atoms with Crippen molar-refractivity contribution >= 4 is 27.4 Å². The lowest BCUT2D eigenvalue weighted by Crippen LogP contribution is -2.25. The molecule has 1 amide bonds. The fourth-order valence-corrected chi connectivity index (χ4v) is 4.07. The molecule has 2 aromatic rings. The molecule has 2 heterocycles. The van der Waals surface area contributed by atoms with E-state index in [1.807, 2.05) is 19.1 Å². The van der Waals surface area contributed by atoms with Crippen LogP contribution in [0.5, 0.6) is 0 Å². The summed E-state index contributed by atoms with van der Waals surface area (Å²) < 4.78 is 25.2. The van der Waals surface area contributed by atoms with E-state index >= 15 is 0 Å². The van der Waals surface area contributed by atoms with Gasteiger partial charge in [-0.2, -0.15) is 0 Å². The molecule has 1 aliphatic rings. The molecule has 1 saturated heterocycles. The Balaban J connectivity index is 1.75. The molecule has 3 rings (SSSR count). The normalized spacial score (nSPS) is 16.3. The van der Waals surface area contributed by atoms with Crippen molar-refractivity contribution in [1.29, 1.82) is 0 Å². The van der Waals surface area contributed by atoms with Gasteiger partial charge in [0.2, 0.25) is 10.0 Å². The number of aromatic nitrogens is 1. The van der Waals surface area contributed by atoms with E-state index in [0.29, 0.717) is 30.0 Å². The van der Waals surface area contributed by atoms with Crippen LogP contribution in [0.3, 0.4) is 0 Å². The lowest BCUT2D eigenvalue weighted by Gasteiger charge is -2.17. The van der Waals surface area contributed by atoms with Gasteiger partial charge in [0.1, 0.15) is 5.82 Å². The summed E-state index contributed by atoms with van der Waals surface area (Å²) in [6.45, 7) is 2.34. The summed E-state index contributed by atoms with van der Waals surface area (Å²) in [5.41, 5.74) is 1.86. The molecule has 0 bridgehead atoms. The number of rotatable bonds is 3. The number of pyridine rings is 1. The minimum absolute atomic E-state index is 0.175. The van der Waals surface area contributed by atoms with E-state index in [2.05, 4.69) is 10.3 Å². The maximum Gasteiger partial charge on any atom is 0.256 e. The van der Waals surface area contributed by atoms with Gasteiger partial charge in [0.15, 0.2) is 0 Å².